The van der Waals surface area contributed by atoms with Crippen LogP contribution in [0.15, 0.2) is 36.9 Å². The van der Waals surface area contributed by atoms with E-state index in [1.165, 1.54) is 0 Å². The van der Waals surface area contributed by atoms with E-state index in [0.717, 1.165) is 32.8 Å². The molecule has 0 atom stereocenters. The van der Waals surface area contributed by atoms with E-state index >= 15 is 0 Å². The Kier molecular flexibility index (Phi) is 2.53. The lowest BCUT2D eigenvalue weighted by Crippen LogP contribution is -2.41. The van der Waals surface area contributed by atoms with E-state index in [2.05, 4.69) is 6.58 Å². The van der Waals surface area contributed by atoms with Crippen molar-refractivity contribution in [2.75, 3.05) is 11.5 Å². The summed E-state index contributed by atoms with van der Waals surface area (Å²) in [6, 6.07) is 9.52. The predicted molar refractivity (Wildman–Crippen MR) is 82.8 cm³/mol. The lowest BCUT2D eigenvalue weighted by molar-refractivity contribution is 1.46. The van der Waals surface area contributed by atoms with Crippen LogP contribution in [0.3, 0.4) is 0 Å². The van der Waals surface area contributed by atoms with Crippen molar-refractivity contribution in [2.24, 2.45) is 0 Å². The van der Waals surface area contributed by atoms with Crippen molar-refractivity contribution < 1.29 is 0 Å². The molecule has 0 saturated heterocycles. The van der Waals surface area contributed by atoms with Crippen LogP contribution in [0.2, 0.25) is 0 Å². The number of rotatable bonds is 1. The van der Waals surface area contributed by atoms with Crippen molar-refractivity contribution in [1.29, 1.82) is 5.41 Å². The Morgan fingerprint density at radius 3 is 2.53 bits per heavy atom. The van der Waals surface area contributed by atoms with Gasteiger partial charge in [0, 0.05) is 16.9 Å². The fourth-order valence-corrected chi connectivity index (χ4v) is 3.89. The second kappa shape index (κ2) is 4.10. The largest absolute Gasteiger partial charge is 0.399 e. The number of benzene rings is 2. The maximum atomic E-state index is 8.41. The zero-order valence-electron chi connectivity index (χ0n) is 10.3. The van der Waals surface area contributed by atoms with Gasteiger partial charge in [0.05, 0.1) is 5.71 Å². The van der Waals surface area contributed by atoms with E-state index in [1.807, 2.05) is 30.3 Å². The summed E-state index contributed by atoms with van der Waals surface area (Å²) in [6.45, 7) is 3.82. The third-order valence-electron chi connectivity index (χ3n) is 3.24. The summed E-state index contributed by atoms with van der Waals surface area (Å²) in [5.41, 5.74) is 16.5. The van der Waals surface area contributed by atoms with Crippen LogP contribution in [0.5, 0.6) is 0 Å². The lowest BCUT2D eigenvalue weighted by atomic mass is 9.96. The molecule has 2 aromatic carbocycles. The third kappa shape index (κ3) is 1.77. The Morgan fingerprint density at radius 2 is 1.79 bits per heavy atom. The molecule has 92 valence electrons. The van der Waals surface area contributed by atoms with E-state index < -0.39 is 0 Å². The van der Waals surface area contributed by atoms with Gasteiger partial charge in [-0.05, 0) is 45.8 Å². The van der Waals surface area contributed by atoms with Crippen molar-refractivity contribution >= 4 is 43.1 Å². The Bertz CT molecular complexity index is 720. The molecule has 3 rings (SSSR count). The lowest BCUT2D eigenvalue weighted by Gasteiger charge is -2.22. The molecule has 0 saturated carbocycles. The van der Waals surface area contributed by atoms with Gasteiger partial charge < -0.3 is 11.5 Å². The molecule has 3 nitrogen and oxygen atoms in total. The van der Waals surface area contributed by atoms with Crippen LogP contribution in [0.25, 0.3) is 6.08 Å². The first-order chi connectivity index (χ1) is 9.10. The van der Waals surface area contributed by atoms with Crippen LogP contribution in [0.4, 0.5) is 11.4 Å². The second-order valence-corrected chi connectivity index (χ2v) is 5.87. The van der Waals surface area contributed by atoms with Crippen LogP contribution < -0.4 is 21.8 Å². The molecule has 0 fully saturated rings. The van der Waals surface area contributed by atoms with Crippen molar-refractivity contribution in [3.8, 4) is 0 Å². The van der Waals surface area contributed by atoms with Gasteiger partial charge in [-0.2, -0.15) is 0 Å². The molecule has 0 spiro atoms. The van der Waals surface area contributed by atoms with E-state index in [9.17, 15) is 0 Å². The summed E-state index contributed by atoms with van der Waals surface area (Å²) in [7, 11) is 0.473. The maximum Gasteiger partial charge on any atom is 0.123 e. The topological polar surface area (TPSA) is 75.9 Å². The molecule has 0 amide bonds. The second-order valence-electron chi connectivity index (χ2n) is 4.54. The number of fused-ring (bicyclic) bond motifs is 2. The van der Waals surface area contributed by atoms with E-state index in [0.29, 0.717) is 20.9 Å². The highest BCUT2D eigenvalue weighted by Gasteiger charge is 2.23. The standard InChI is InChI=1S/C15H13N3Si/c1-2-8-5-10(17)7-13-14(8)15(18)11-4-3-9(16)6-12(11)19-13/h2-7,18H,1,16-17H2. The average Bonchev–Trinajstić information content (AvgIpc) is 2.37. The number of nitrogens with two attached hydrogens (primary N) is 2. The van der Waals surface area contributed by atoms with E-state index in [-0.39, 0.29) is 0 Å². The van der Waals surface area contributed by atoms with Gasteiger partial charge in [0.2, 0.25) is 0 Å². The Morgan fingerprint density at radius 1 is 1.05 bits per heavy atom. The summed E-state index contributed by atoms with van der Waals surface area (Å²) >= 11 is 0. The number of nitrogen functional groups attached to an aromatic ring is 2. The van der Waals surface area contributed by atoms with Gasteiger partial charge in [0.25, 0.3) is 0 Å². The quantitative estimate of drug-likeness (QED) is 0.450. The van der Waals surface area contributed by atoms with Crippen LogP contribution in [-0.4, -0.2) is 15.2 Å². The van der Waals surface area contributed by atoms with Gasteiger partial charge in [-0.1, -0.05) is 18.7 Å². The normalized spacial score (nSPS) is 12.7. The maximum absolute atomic E-state index is 8.41. The number of anilines is 2. The average molecular weight is 263 g/mol. The predicted octanol–water partition coefficient (Wildman–Crippen LogP) is 0.879. The highest BCUT2D eigenvalue weighted by molar-refractivity contribution is 6.72. The number of hydrogen-bond acceptors (Lipinski definition) is 3. The number of hydrogen-bond donors (Lipinski definition) is 3. The molecule has 1 aliphatic rings. The first-order valence-electron chi connectivity index (χ1n) is 5.92. The number of nitrogens with one attached hydrogen (secondary N) is 1. The molecule has 0 unspecified atom stereocenters. The molecular weight excluding hydrogens is 250 g/mol. The van der Waals surface area contributed by atoms with Crippen molar-refractivity contribution in [2.45, 2.75) is 0 Å². The molecule has 1 aliphatic heterocycles. The smallest absolute Gasteiger partial charge is 0.123 e. The molecule has 19 heavy (non-hydrogen) atoms. The Labute approximate surface area is 114 Å². The van der Waals surface area contributed by atoms with Crippen LogP contribution >= 0.6 is 0 Å². The molecule has 2 radical (unpaired) electrons. The molecule has 5 N–H and O–H groups in total. The fourth-order valence-electron chi connectivity index (χ4n) is 2.39. The monoisotopic (exact) mass is 263 g/mol. The molecule has 0 aromatic heterocycles. The minimum Gasteiger partial charge on any atom is -0.399 e. The van der Waals surface area contributed by atoms with Gasteiger partial charge in [-0.25, -0.2) is 0 Å². The van der Waals surface area contributed by atoms with Crippen molar-refractivity contribution in [3.05, 3.63) is 53.6 Å². The summed E-state index contributed by atoms with van der Waals surface area (Å²) in [6.07, 6.45) is 1.76. The highest BCUT2D eigenvalue weighted by Crippen LogP contribution is 2.20. The van der Waals surface area contributed by atoms with E-state index in [1.54, 1.807) is 6.08 Å². The first kappa shape index (κ1) is 11.7. The third-order valence-corrected chi connectivity index (χ3v) is 4.59. The Hall–Kier alpha value is -2.33. The van der Waals surface area contributed by atoms with Crippen LogP contribution in [0.1, 0.15) is 16.7 Å². The summed E-state index contributed by atoms with van der Waals surface area (Å²) in [5, 5.41) is 10.6. The van der Waals surface area contributed by atoms with Crippen molar-refractivity contribution in [1.82, 2.24) is 0 Å². The zero-order chi connectivity index (χ0) is 13.6. The molecule has 0 aliphatic carbocycles. The zero-order valence-corrected chi connectivity index (χ0v) is 11.3. The minimum atomic E-state index is 0.473. The fraction of sp³-hybridized carbons (Fsp3) is 0. The summed E-state index contributed by atoms with van der Waals surface area (Å²) in [4.78, 5) is 0. The van der Waals surface area contributed by atoms with Crippen LogP contribution in [0, 0.1) is 5.41 Å². The SMILES string of the molecule is C=Cc1cc(N)cc2c1C(=N)c1ccc(N)cc1[Si]2. The minimum absolute atomic E-state index is 0.473. The molecule has 1 heterocycles. The van der Waals surface area contributed by atoms with Gasteiger partial charge in [0.15, 0.2) is 0 Å². The van der Waals surface area contributed by atoms with Gasteiger partial charge in [0.1, 0.15) is 9.52 Å². The van der Waals surface area contributed by atoms with Gasteiger partial charge in [-0.15, -0.1) is 0 Å². The van der Waals surface area contributed by atoms with Crippen molar-refractivity contribution in [3.63, 3.8) is 0 Å². The van der Waals surface area contributed by atoms with Crippen LogP contribution in [-0.2, 0) is 0 Å². The Balaban J connectivity index is 2.27. The highest BCUT2D eigenvalue weighted by atomic mass is 28.2. The first-order valence-corrected chi connectivity index (χ1v) is 6.92. The van der Waals surface area contributed by atoms with E-state index in [4.69, 9.17) is 16.9 Å². The molecule has 2 aromatic rings. The molecule has 4 heteroatoms. The molecular formula is C15H13N3Si. The summed E-state index contributed by atoms with van der Waals surface area (Å²) < 4.78 is 0. The van der Waals surface area contributed by atoms with Gasteiger partial charge >= 0.3 is 0 Å². The summed E-state index contributed by atoms with van der Waals surface area (Å²) in [5.74, 6) is 0. The molecule has 0 bridgehead atoms. The van der Waals surface area contributed by atoms with Gasteiger partial charge in [-0.3, -0.25) is 5.41 Å².